The van der Waals surface area contributed by atoms with Crippen molar-refractivity contribution in [3.63, 3.8) is 0 Å². The number of likely N-dealkylation sites (tertiary alicyclic amines) is 1. The molecule has 2 rings (SSSR count). The lowest BCUT2D eigenvalue weighted by Crippen LogP contribution is -2.47. The third-order valence-electron chi connectivity index (χ3n) is 4.19. The van der Waals surface area contributed by atoms with E-state index in [4.69, 9.17) is 0 Å². The van der Waals surface area contributed by atoms with Gasteiger partial charge < -0.3 is 4.90 Å². The van der Waals surface area contributed by atoms with Crippen LogP contribution in [0.4, 0.5) is 0 Å². The number of rotatable bonds is 0. The summed E-state index contributed by atoms with van der Waals surface area (Å²) in [6.45, 7) is 7.54. The SMILES string of the molecule is CC1CC(C)C12CCN(C)C2. The summed E-state index contributed by atoms with van der Waals surface area (Å²) in [5.41, 5.74) is 0.731. The van der Waals surface area contributed by atoms with E-state index in [2.05, 4.69) is 25.8 Å². The van der Waals surface area contributed by atoms with Gasteiger partial charge in [0.25, 0.3) is 0 Å². The zero-order chi connectivity index (χ0) is 8.06. The average molecular weight is 153 g/mol. The molecule has 0 N–H and O–H groups in total. The van der Waals surface area contributed by atoms with Crippen LogP contribution in [0.2, 0.25) is 0 Å². The van der Waals surface area contributed by atoms with Crippen LogP contribution in [0.1, 0.15) is 26.7 Å². The van der Waals surface area contributed by atoms with E-state index in [1.54, 1.807) is 0 Å². The zero-order valence-corrected chi connectivity index (χ0v) is 7.93. The lowest BCUT2D eigenvalue weighted by molar-refractivity contribution is -0.0200. The Morgan fingerprint density at radius 2 is 1.91 bits per heavy atom. The summed E-state index contributed by atoms with van der Waals surface area (Å²) >= 11 is 0. The van der Waals surface area contributed by atoms with Crippen LogP contribution in [0.3, 0.4) is 0 Å². The van der Waals surface area contributed by atoms with E-state index in [1.165, 1.54) is 25.9 Å². The van der Waals surface area contributed by atoms with Gasteiger partial charge in [-0.2, -0.15) is 0 Å². The fourth-order valence-electron chi connectivity index (χ4n) is 3.19. The molecule has 1 saturated heterocycles. The largest absolute Gasteiger partial charge is 0.306 e. The molecule has 1 heteroatoms. The molecule has 2 fully saturated rings. The Balaban J connectivity index is 2.10. The molecule has 64 valence electrons. The van der Waals surface area contributed by atoms with Crippen molar-refractivity contribution in [3.8, 4) is 0 Å². The average Bonchev–Trinajstić information content (AvgIpc) is 2.35. The Labute approximate surface area is 69.8 Å². The van der Waals surface area contributed by atoms with Crippen LogP contribution in [0.25, 0.3) is 0 Å². The van der Waals surface area contributed by atoms with E-state index in [1.807, 2.05) is 0 Å². The van der Waals surface area contributed by atoms with Crippen LogP contribution in [-0.2, 0) is 0 Å². The predicted molar refractivity (Wildman–Crippen MR) is 47.5 cm³/mol. The standard InChI is InChI=1S/C10H19N/c1-8-6-9(2)10(8)4-5-11(3)7-10/h8-9H,4-7H2,1-3H3. The van der Waals surface area contributed by atoms with E-state index in [9.17, 15) is 0 Å². The third-order valence-corrected chi connectivity index (χ3v) is 4.19. The summed E-state index contributed by atoms with van der Waals surface area (Å²) in [6, 6.07) is 0. The lowest BCUT2D eigenvalue weighted by Gasteiger charge is -2.51. The third kappa shape index (κ3) is 0.868. The first-order valence-electron chi connectivity index (χ1n) is 4.84. The molecule has 0 aromatic heterocycles. The Hall–Kier alpha value is -0.0400. The van der Waals surface area contributed by atoms with Crippen LogP contribution in [0.15, 0.2) is 0 Å². The van der Waals surface area contributed by atoms with Crippen molar-refractivity contribution in [2.75, 3.05) is 20.1 Å². The van der Waals surface area contributed by atoms with E-state index in [0.29, 0.717) is 0 Å². The molecule has 1 spiro atoms. The molecular formula is C10H19N. The van der Waals surface area contributed by atoms with Gasteiger partial charge in [0.05, 0.1) is 0 Å². The van der Waals surface area contributed by atoms with Crippen LogP contribution in [0.5, 0.6) is 0 Å². The summed E-state index contributed by atoms with van der Waals surface area (Å²) in [7, 11) is 2.26. The van der Waals surface area contributed by atoms with Gasteiger partial charge >= 0.3 is 0 Å². The van der Waals surface area contributed by atoms with Gasteiger partial charge in [0.1, 0.15) is 0 Å². The van der Waals surface area contributed by atoms with Crippen molar-refractivity contribution in [1.29, 1.82) is 0 Å². The molecule has 2 aliphatic rings. The highest BCUT2D eigenvalue weighted by Crippen LogP contribution is 2.56. The molecule has 1 nitrogen and oxygen atoms in total. The Kier molecular flexibility index (Phi) is 1.54. The van der Waals surface area contributed by atoms with Crippen molar-refractivity contribution >= 4 is 0 Å². The minimum absolute atomic E-state index is 0.731. The van der Waals surface area contributed by atoms with Crippen molar-refractivity contribution in [2.45, 2.75) is 26.7 Å². The molecule has 1 aliphatic carbocycles. The molecule has 2 unspecified atom stereocenters. The van der Waals surface area contributed by atoms with Crippen molar-refractivity contribution in [2.24, 2.45) is 17.3 Å². The maximum atomic E-state index is 2.49. The van der Waals surface area contributed by atoms with Crippen LogP contribution in [0, 0.1) is 17.3 Å². The Bertz CT molecular complexity index is 156. The van der Waals surface area contributed by atoms with Gasteiger partial charge in [0, 0.05) is 6.54 Å². The molecule has 2 atom stereocenters. The zero-order valence-electron chi connectivity index (χ0n) is 7.93. The second-order valence-corrected chi connectivity index (χ2v) is 4.76. The fraction of sp³-hybridized carbons (Fsp3) is 1.00. The summed E-state index contributed by atoms with van der Waals surface area (Å²) < 4.78 is 0. The monoisotopic (exact) mass is 153 g/mol. The van der Waals surface area contributed by atoms with Crippen LogP contribution >= 0.6 is 0 Å². The van der Waals surface area contributed by atoms with Gasteiger partial charge in [-0.3, -0.25) is 0 Å². The summed E-state index contributed by atoms with van der Waals surface area (Å²) in [4.78, 5) is 2.49. The second kappa shape index (κ2) is 2.22. The highest BCUT2D eigenvalue weighted by molar-refractivity contribution is 5.03. The summed E-state index contributed by atoms with van der Waals surface area (Å²) in [5.74, 6) is 1.98. The normalized spacial score (nSPS) is 51.5. The van der Waals surface area contributed by atoms with Crippen LogP contribution in [-0.4, -0.2) is 25.0 Å². The highest BCUT2D eigenvalue weighted by atomic mass is 15.1. The quantitative estimate of drug-likeness (QED) is 0.514. The number of nitrogens with zero attached hydrogens (tertiary/aromatic N) is 1. The van der Waals surface area contributed by atoms with Gasteiger partial charge in [0.15, 0.2) is 0 Å². The smallest absolute Gasteiger partial charge is 0.00405 e. The Morgan fingerprint density at radius 1 is 1.27 bits per heavy atom. The Morgan fingerprint density at radius 3 is 2.18 bits per heavy atom. The molecule has 0 bridgehead atoms. The first-order chi connectivity index (χ1) is 5.15. The van der Waals surface area contributed by atoms with E-state index in [-0.39, 0.29) is 0 Å². The summed E-state index contributed by atoms with van der Waals surface area (Å²) in [5, 5.41) is 0. The van der Waals surface area contributed by atoms with Crippen LogP contribution < -0.4 is 0 Å². The molecule has 1 heterocycles. The molecular weight excluding hydrogens is 134 g/mol. The lowest BCUT2D eigenvalue weighted by atomic mass is 9.53. The first kappa shape index (κ1) is 7.60. The summed E-state index contributed by atoms with van der Waals surface area (Å²) in [6.07, 6.45) is 2.92. The van der Waals surface area contributed by atoms with Gasteiger partial charge in [-0.15, -0.1) is 0 Å². The van der Waals surface area contributed by atoms with Gasteiger partial charge in [-0.05, 0) is 43.7 Å². The maximum absolute atomic E-state index is 2.49. The van der Waals surface area contributed by atoms with Gasteiger partial charge in [-0.25, -0.2) is 0 Å². The molecule has 0 aromatic carbocycles. The van der Waals surface area contributed by atoms with E-state index >= 15 is 0 Å². The minimum atomic E-state index is 0.731. The maximum Gasteiger partial charge on any atom is 0.00405 e. The van der Waals surface area contributed by atoms with E-state index in [0.717, 1.165) is 17.3 Å². The number of hydrogen-bond acceptors (Lipinski definition) is 1. The minimum Gasteiger partial charge on any atom is -0.306 e. The van der Waals surface area contributed by atoms with Gasteiger partial charge in [-0.1, -0.05) is 13.8 Å². The molecule has 0 radical (unpaired) electrons. The second-order valence-electron chi connectivity index (χ2n) is 4.76. The molecule has 0 aromatic rings. The molecule has 11 heavy (non-hydrogen) atoms. The molecule has 0 amide bonds. The highest BCUT2D eigenvalue weighted by Gasteiger charge is 2.52. The van der Waals surface area contributed by atoms with Crippen molar-refractivity contribution in [1.82, 2.24) is 4.90 Å². The van der Waals surface area contributed by atoms with Crippen molar-refractivity contribution < 1.29 is 0 Å². The first-order valence-corrected chi connectivity index (χ1v) is 4.84. The van der Waals surface area contributed by atoms with Crippen molar-refractivity contribution in [3.05, 3.63) is 0 Å². The molecule has 1 aliphatic heterocycles. The fourth-order valence-corrected chi connectivity index (χ4v) is 3.19. The topological polar surface area (TPSA) is 3.24 Å². The van der Waals surface area contributed by atoms with Gasteiger partial charge in [0.2, 0.25) is 0 Å². The molecule has 1 saturated carbocycles. The van der Waals surface area contributed by atoms with E-state index < -0.39 is 0 Å². The predicted octanol–water partition coefficient (Wildman–Crippen LogP) is 1.98. The number of hydrogen-bond donors (Lipinski definition) is 0.